The van der Waals surface area contributed by atoms with Gasteiger partial charge < -0.3 is 10.1 Å². The summed E-state index contributed by atoms with van der Waals surface area (Å²) in [7, 11) is 1.60. The van der Waals surface area contributed by atoms with Crippen LogP contribution in [0.25, 0.3) is 10.9 Å². The summed E-state index contributed by atoms with van der Waals surface area (Å²) in [5.41, 5.74) is 4.47. The molecule has 0 aliphatic heterocycles. The van der Waals surface area contributed by atoms with Crippen LogP contribution in [0, 0.1) is 6.92 Å². The number of fused-ring (bicyclic) bond motifs is 1. The highest BCUT2D eigenvalue weighted by Crippen LogP contribution is 2.32. The zero-order chi connectivity index (χ0) is 25.3. The number of benzene rings is 3. The van der Waals surface area contributed by atoms with Crippen LogP contribution in [0.2, 0.25) is 5.02 Å². The Bertz CT molecular complexity index is 1410. The molecule has 6 heteroatoms. The Balaban J connectivity index is 1.75. The number of para-hydroxylation sites is 1. The minimum Gasteiger partial charge on any atom is -0.497 e. The van der Waals surface area contributed by atoms with E-state index < -0.39 is 0 Å². The minimum absolute atomic E-state index is 0.117. The molecule has 1 heterocycles. The van der Waals surface area contributed by atoms with Crippen LogP contribution in [-0.4, -0.2) is 23.5 Å². The van der Waals surface area contributed by atoms with E-state index in [-0.39, 0.29) is 23.7 Å². The standard InChI is InChI=1S/C29H29ClN2O3/c1-18-22(17-27(33)31-25-9-7-6-8-24(25)29(2,3)4)23-16-21(35-5)14-15-26(23)32(18)28(34)19-10-12-20(30)13-11-19/h6-16H,17H2,1-5H3,(H,31,33). The van der Waals surface area contributed by atoms with Crippen LogP contribution in [0.1, 0.15) is 48.0 Å². The van der Waals surface area contributed by atoms with Crippen molar-refractivity contribution in [3.63, 3.8) is 0 Å². The topological polar surface area (TPSA) is 60.3 Å². The summed E-state index contributed by atoms with van der Waals surface area (Å²) in [5.74, 6) is 0.331. The lowest BCUT2D eigenvalue weighted by atomic mass is 9.86. The zero-order valence-electron chi connectivity index (χ0n) is 20.6. The molecule has 1 aromatic heterocycles. The van der Waals surface area contributed by atoms with Crippen LogP contribution in [-0.2, 0) is 16.6 Å². The summed E-state index contributed by atoms with van der Waals surface area (Å²) in [6.45, 7) is 8.21. The van der Waals surface area contributed by atoms with E-state index in [4.69, 9.17) is 16.3 Å². The Morgan fingerprint density at radius 1 is 1.00 bits per heavy atom. The first-order chi connectivity index (χ1) is 16.6. The average molecular weight is 489 g/mol. The SMILES string of the molecule is COc1ccc2c(c1)c(CC(=O)Nc1ccccc1C(C)(C)C)c(C)n2C(=O)c1ccc(Cl)cc1. The normalized spacial score (nSPS) is 11.5. The molecule has 35 heavy (non-hydrogen) atoms. The van der Waals surface area contributed by atoms with Crippen LogP contribution in [0.3, 0.4) is 0 Å². The lowest BCUT2D eigenvalue weighted by Gasteiger charge is -2.23. The highest BCUT2D eigenvalue weighted by molar-refractivity contribution is 6.30. The molecule has 0 radical (unpaired) electrons. The molecule has 4 aromatic rings. The molecule has 0 saturated heterocycles. The fraction of sp³-hybridized carbons (Fsp3) is 0.241. The van der Waals surface area contributed by atoms with Crippen LogP contribution in [0.4, 0.5) is 5.69 Å². The average Bonchev–Trinajstić information content (AvgIpc) is 3.09. The predicted octanol–water partition coefficient (Wildman–Crippen LogP) is 6.78. The fourth-order valence-corrected chi connectivity index (χ4v) is 4.52. The van der Waals surface area contributed by atoms with Gasteiger partial charge in [0.25, 0.3) is 5.91 Å². The van der Waals surface area contributed by atoms with Gasteiger partial charge in [0.2, 0.25) is 5.91 Å². The van der Waals surface area contributed by atoms with E-state index >= 15 is 0 Å². The number of halogens is 1. The first kappa shape index (κ1) is 24.6. The van der Waals surface area contributed by atoms with E-state index in [0.717, 1.165) is 27.7 Å². The number of aromatic nitrogens is 1. The molecule has 5 nitrogen and oxygen atoms in total. The zero-order valence-corrected chi connectivity index (χ0v) is 21.4. The van der Waals surface area contributed by atoms with E-state index in [9.17, 15) is 9.59 Å². The predicted molar refractivity (Wildman–Crippen MR) is 142 cm³/mol. The number of hydrogen-bond donors (Lipinski definition) is 1. The Morgan fingerprint density at radius 2 is 1.69 bits per heavy atom. The summed E-state index contributed by atoms with van der Waals surface area (Å²) < 4.78 is 7.09. The number of nitrogens with zero attached hydrogens (tertiary/aromatic N) is 1. The number of carbonyl (C=O) groups excluding carboxylic acids is 2. The third-order valence-corrected chi connectivity index (χ3v) is 6.43. The second-order valence-corrected chi connectivity index (χ2v) is 10.1. The Labute approximate surface area is 210 Å². The molecule has 0 atom stereocenters. The first-order valence-electron chi connectivity index (χ1n) is 11.5. The molecule has 180 valence electrons. The third kappa shape index (κ3) is 4.96. The van der Waals surface area contributed by atoms with E-state index in [1.54, 1.807) is 35.9 Å². The molecular formula is C29H29ClN2O3. The van der Waals surface area contributed by atoms with Crippen molar-refractivity contribution in [1.29, 1.82) is 0 Å². The molecule has 1 amide bonds. The van der Waals surface area contributed by atoms with Crippen molar-refractivity contribution >= 4 is 40.0 Å². The number of amides is 1. The lowest BCUT2D eigenvalue weighted by molar-refractivity contribution is -0.115. The summed E-state index contributed by atoms with van der Waals surface area (Å²) in [6.07, 6.45) is 0.120. The third-order valence-electron chi connectivity index (χ3n) is 6.18. The summed E-state index contributed by atoms with van der Waals surface area (Å²) in [4.78, 5) is 26.7. The Hall–Kier alpha value is -3.57. The van der Waals surface area contributed by atoms with Crippen LogP contribution >= 0.6 is 11.6 Å². The van der Waals surface area contributed by atoms with Gasteiger partial charge in [-0.1, -0.05) is 50.6 Å². The smallest absolute Gasteiger partial charge is 0.262 e. The summed E-state index contributed by atoms with van der Waals surface area (Å²) >= 11 is 6.01. The molecular weight excluding hydrogens is 460 g/mol. The molecule has 0 saturated carbocycles. The van der Waals surface area contributed by atoms with Gasteiger partial charge in [0.15, 0.2) is 0 Å². The number of ether oxygens (including phenoxy) is 1. The van der Waals surface area contributed by atoms with Gasteiger partial charge in [-0.25, -0.2) is 0 Å². The van der Waals surface area contributed by atoms with Gasteiger partial charge in [-0.2, -0.15) is 0 Å². The van der Waals surface area contributed by atoms with E-state index in [1.165, 1.54) is 0 Å². The van der Waals surface area contributed by atoms with Crippen molar-refractivity contribution < 1.29 is 14.3 Å². The van der Waals surface area contributed by atoms with Crippen molar-refractivity contribution in [1.82, 2.24) is 4.57 Å². The van der Waals surface area contributed by atoms with E-state index in [0.29, 0.717) is 22.0 Å². The number of anilines is 1. The summed E-state index contributed by atoms with van der Waals surface area (Å²) in [5, 5.41) is 4.46. The van der Waals surface area contributed by atoms with E-state index in [2.05, 4.69) is 26.1 Å². The van der Waals surface area contributed by atoms with Crippen molar-refractivity contribution in [3.05, 3.63) is 94.1 Å². The second kappa shape index (κ2) is 9.59. The van der Waals surface area contributed by atoms with Crippen molar-refractivity contribution in [2.24, 2.45) is 0 Å². The second-order valence-electron chi connectivity index (χ2n) is 9.62. The van der Waals surface area contributed by atoms with Crippen molar-refractivity contribution in [2.75, 3.05) is 12.4 Å². The minimum atomic E-state index is -0.181. The Morgan fingerprint density at radius 3 is 2.34 bits per heavy atom. The van der Waals surface area contributed by atoms with Crippen molar-refractivity contribution in [3.8, 4) is 5.75 Å². The van der Waals surface area contributed by atoms with Gasteiger partial charge in [0.05, 0.1) is 19.0 Å². The highest BCUT2D eigenvalue weighted by atomic mass is 35.5. The quantitative estimate of drug-likeness (QED) is 0.337. The number of methoxy groups -OCH3 is 1. The maximum absolute atomic E-state index is 13.5. The van der Waals surface area contributed by atoms with Gasteiger partial charge in [-0.05, 0) is 72.0 Å². The van der Waals surface area contributed by atoms with E-state index in [1.807, 2.05) is 49.4 Å². The fourth-order valence-electron chi connectivity index (χ4n) is 4.40. The number of carbonyl (C=O) groups is 2. The molecule has 0 spiro atoms. The number of rotatable bonds is 5. The Kier molecular flexibility index (Phi) is 6.73. The first-order valence-corrected chi connectivity index (χ1v) is 11.9. The molecule has 0 aliphatic carbocycles. The van der Waals surface area contributed by atoms with Gasteiger partial charge >= 0.3 is 0 Å². The lowest BCUT2D eigenvalue weighted by Crippen LogP contribution is -2.20. The number of hydrogen-bond acceptors (Lipinski definition) is 3. The molecule has 4 rings (SSSR count). The van der Waals surface area contributed by atoms with Gasteiger partial charge in [-0.15, -0.1) is 0 Å². The van der Waals surface area contributed by atoms with Crippen molar-refractivity contribution in [2.45, 2.75) is 39.5 Å². The van der Waals surface area contributed by atoms with Gasteiger partial charge in [-0.3, -0.25) is 14.2 Å². The monoisotopic (exact) mass is 488 g/mol. The van der Waals surface area contributed by atoms with Crippen LogP contribution in [0.15, 0.2) is 66.7 Å². The molecule has 1 N–H and O–H groups in total. The maximum atomic E-state index is 13.5. The molecule has 0 aliphatic rings. The molecule has 0 unspecified atom stereocenters. The largest absolute Gasteiger partial charge is 0.497 e. The molecule has 3 aromatic carbocycles. The molecule has 0 bridgehead atoms. The maximum Gasteiger partial charge on any atom is 0.262 e. The van der Waals surface area contributed by atoms with Crippen LogP contribution in [0.5, 0.6) is 5.75 Å². The van der Waals surface area contributed by atoms with Gasteiger partial charge in [0.1, 0.15) is 5.75 Å². The number of nitrogens with one attached hydrogen (secondary N) is 1. The van der Waals surface area contributed by atoms with Gasteiger partial charge in [0, 0.05) is 27.4 Å². The van der Waals surface area contributed by atoms with Crippen LogP contribution < -0.4 is 10.1 Å². The summed E-state index contributed by atoms with van der Waals surface area (Å²) in [6, 6.07) is 20.2. The highest BCUT2D eigenvalue weighted by Gasteiger charge is 2.23. The molecule has 0 fully saturated rings.